The Bertz CT molecular complexity index is 422. The van der Waals surface area contributed by atoms with Crippen LogP contribution in [0.5, 0.6) is 0 Å². The Balaban J connectivity index is 3.11. The molecule has 86 valence electrons. The molecule has 0 radical (unpaired) electrons. The fourth-order valence-electron chi connectivity index (χ4n) is 1.56. The van der Waals surface area contributed by atoms with Crippen LogP contribution >= 0.6 is 0 Å². The third-order valence-corrected chi connectivity index (χ3v) is 2.35. The molecule has 0 fully saturated rings. The van der Waals surface area contributed by atoms with E-state index in [0.29, 0.717) is 12.0 Å². The zero-order valence-electron chi connectivity index (χ0n) is 9.46. The van der Waals surface area contributed by atoms with Crippen molar-refractivity contribution < 1.29 is 14.3 Å². The maximum atomic E-state index is 13.1. The van der Waals surface area contributed by atoms with Crippen molar-refractivity contribution >= 4 is 11.5 Å². The summed E-state index contributed by atoms with van der Waals surface area (Å²) in [6.45, 7) is 3.65. The molecule has 0 aliphatic carbocycles. The number of aliphatic carboxylic acids is 1. The van der Waals surface area contributed by atoms with E-state index in [2.05, 4.69) is 0 Å². The quantitative estimate of drug-likeness (QED) is 0.793. The Morgan fingerprint density at radius 1 is 1.50 bits per heavy atom. The number of hydrogen-bond acceptors (Lipinski definition) is 1. The van der Waals surface area contributed by atoms with Crippen molar-refractivity contribution in [2.24, 2.45) is 0 Å². The molecule has 0 aromatic heterocycles. The summed E-state index contributed by atoms with van der Waals surface area (Å²) in [7, 11) is 0. The summed E-state index contributed by atoms with van der Waals surface area (Å²) >= 11 is 0. The molecule has 1 N–H and O–H groups in total. The minimum Gasteiger partial charge on any atom is -0.478 e. The highest BCUT2D eigenvalue weighted by molar-refractivity contribution is 5.90. The minimum absolute atomic E-state index is 0.269. The lowest BCUT2D eigenvalue weighted by Gasteiger charge is -2.07. The lowest BCUT2D eigenvalue weighted by Crippen LogP contribution is -1.94. The van der Waals surface area contributed by atoms with Gasteiger partial charge in [0.1, 0.15) is 5.82 Å². The van der Waals surface area contributed by atoms with Gasteiger partial charge >= 0.3 is 5.97 Å². The Labute approximate surface area is 94.4 Å². The van der Waals surface area contributed by atoms with Gasteiger partial charge in [0, 0.05) is 6.08 Å². The first-order valence-corrected chi connectivity index (χ1v) is 5.24. The monoisotopic (exact) mass is 222 g/mol. The van der Waals surface area contributed by atoms with Crippen molar-refractivity contribution in [1.82, 2.24) is 0 Å². The highest BCUT2D eigenvalue weighted by Crippen LogP contribution is 2.22. The van der Waals surface area contributed by atoms with E-state index in [1.165, 1.54) is 12.1 Å². The molecule has 1 aromatic rings. The molecule has 0 bridgehead atoms. The molecule has 0 amide bonds. The van der Waals surface area contributed by atoms with Gasteiger partial charge < -0.3 is 5.11 Å². The average molecular weight is 222 g/mol. The highest BCUT2D eigenvalue weighted by Gasteiger charge is 2.05. The van der Waals surface area contributed by atoms with Crippen LogP contribution in [0.15, 0.2) is 24.3 Å². The van der Waals surface area contributed by atoms with Gasteiger partial charge in [0.15, 0.2) is 0 Å². The average Bonchev–Trinajstić information content (AvgIpc) is 2.21. The van der Waals surface area contributed by atoms with Gasteiger partial charge in [-0.3, -0.25) is 0 Å². The van der Waals surface area contributed by atoms with Gasteiger partial charge in [-0.2, -0.15) is 0 Å². The molecule has 0 unspecified atom stereocenters. The molecular weight excluding hydrogens is 207 g/mol. The lowest BCUT2D eigenvalue weighted by molar-refractivity contribution is -0.131. The van der Waals surface area contributed by atoms with E-state index in [1.54, 1.807) is 19.1 Å². The van der Waals surface area contributed by atoms with Crippen molar-refractivity contribution in [2.75, 3.05) is 0 Å². The Hall–Kier alpha value is -1.64. The van der Waals surface area contributed by atoms with E-state index in [1.807, 2.05) is 6.92 Å². The molecule has 0 aliphatic heterocycles. The van der Waals surface area contributed by atoms with Gasteiger partial charge in [0.25, 0.3) is 0 Å². The topological polar surface area (TPSA) is 37.3 Å². The molecule has 0 aliphatic rings. The summed E-state index contributed by atoms with van der Waals surface area (Å²) < 4.78 is 13.1. The summed E-state index contributed by atoms with van der Waals surface area (Å²) in [5.41, 5.74) is 2.05. The van der Waals surface area contributed by atoms with Crippen molar-refractivity contribution in [3.05, 3.63) is 41.2 Å². The third kappa shape index (κ3) is 3.19. The lowest BCUT2D eigenvalue weighted by atomic mass is 9.99. The molecule has 16 heavy (non-hydrogen) atoms. The van der Waals surface area contributed by atoms with Gasteiger partial charge in [-0.25, -0.2) is 9.18 Å². The summed E-state index contributed by atoms with van der Waals surface area (Å²) in [5, 5.41) is 8.75. The second-order valence-corrected chi connectivity index (χ2v) is 3.72. The third-order valence-electron chi connectivity index (χ3n) is 2.35. The smallest absolute Gasteiger partial charge is 0.328 e. The Kier molecular flexibility index (Phi) is 4.23. The largest absolute Gasteiger partial charge is 0.478 e. The number of rotatable bonds is 4. The number of aryl methyl sites for hydroxylation is 1. The molecule has 0 saturated carbocycles. The van der Waals surface area contributed by atoms with Gasteiger partial charge in [0.2, 0.25) is 0 Å². The Morgan fingerprint density at radius 3 is 2.69 bits per heavy atom. The van der Waals surface area contributed by atoms with Crippen molar-refractivity contribution in [3.63, 3.8) is 0 Å². The number of benzene rings is 1. The number of halogens is 1. The molecule has 0 atom stereocenters. The van der Waals surface area contributed by atoms with Gasteiger partial charge in [-0.1, -0.05) is 19.4 Å². The van der Waals surface area contributed by atoms with Crippen LogP contribution in [0.1, 0.15) is 30.9 Å². The normalized spacial score (nSPS) is 11.6. The summed E-state index contributed by atoms with van der Waals surface area (Å²) in [6.07, 6.45) is 2.73. The maximum Gasteiger partial charge on any atom is 0.328 e. The summed E-state index contributed by atoms with van der Waals surface area (Å²) in [5.74, 6) is -1.24. The van der Waals surface area contributed by atoms with Crippen LogP contribution < -0.4 is 0 Å². The summed E-state index contributed by atoms with van der Waals surface area (Å²) in [4.78, 5) is 10.7. The molecule has 1 rings (SSSR count). The number of carboxylic acid groups (broad SMARTS) is 1. The molecule has 0 saturated heterocycles. The SMILES string of the molecule is CCC/C(=C\C(=O)O)c1ccc(F)c(C)c1. The maximum absolute atomic E-state index is 13.1. The van der Waals surface area contributed by atoms with E-state index >= 15 is 0 Å². The molecule has 2 nitrogen and oxygen atoms in total. The van der Waals surface area contributed by atoms with E-state index in [9.17, 15) is 9.18 Å². The first-order valence-electron chi connectivity index (χ1n) is 5.24. The fraction of sp³-hybridized carbons (Fsp3) is 0.308. The van der Waals surface area contributed by atoms with E-state index < -0.39 is 5.97 Å². The van der Waals surface area contributed by atoms with Crippen molar-refractivity contribution in [1.29, 1.82) is 0 Å². The van der Waals surface area contributed by atoms with E-state index in [-0.39, 0.29) is 5.82 Å². The van der Waals surface area contributed by atoms with Crippen molar-refractivity contribution in [2.45, 2.75) is 26.7 Å². The zero-order chi connectivity index (χ0) is 12.1. The fourth-order valence-corrected chi connectivity index (χ4v) is 1.56. The van der Waals surface area contributed by atoms with Crippen LogP contribution in [0.4, 0.5) is 4.39 Å². The molecule has 3 heteroatoms. The highest BCUT2D eigenvalue weighted by atomic mass is 19.1. The minimum atomic E-state index is -0.967. The van der Waals surface area contributed by atoms with E-state index in [0.717, 1.165) is 17.6 Å². The van der Waals surface area contributed by atoms with Crippen LogP contribution in [0.3, 0.4) is 0 Å². The van der Waals surface area contributed by atoms with Gasteiger partial charge in [-0.15, -0.1) is 0 Å². The van der Waals surface area contributed by atoms with Crippen LogP contribution in [-0.2, 0) is 4.79 Å². The molecule has 0 heterocycles. The zero-order valence-corrected chi connectivity index (χ0v) is 9.46. The van der Waals surface area contributed by atoms with Crippen LogP contribution in [-0.4, -0.2) is 11.1 Å². The van der Waals surface area contributed by atoms with Gasteiger partial charge in [0.05, 0.1) is 0 Å². The number of hydrogen-bond donors (Lipinski definition) is 1. The van der Waals surface area contributed by atoms with E-state index in [4.69, 9.17) is 5.11 Å². The second kappa shape index (κ2) is 5.45. The number of carboxylic acids is 1. The first-order chi connectivity index (χ1) is 7.54. The van der Waals surface area contributed by atoms with Gasteiger partial charge in [-0.05, 0) is 42.2 Å². The summed E-state index contributed by atoms with van der Waals surface area (Å²) in [6, 6.07) is 4.67. The van der Waals surface area contributed by atoms with Crippen LogP contribution in [0.25, 0.3) is 5.57 Å². The predicted octanol–water partition coefficient (Wildman–Crippen LogP) is 3.40. The molecule has 1 aromatic carbocycles. The predicted molar refractivity (Wildman–Crippen MR) is 61.7 cm³/mol. The second-order valence-electron chi connectivity index (χ2n) is 3.72. The molecule has 0 spiro atoms. The number of allylic oxidation sites excluding steroid dienone is 1. The van der Waals surface area contributed by atoms with Crippen LogP contribution in [0, 0.1) is 12.7 Å². The standard InChI is InChI=1S/C13H15FO2/c1-3-4-10(8-13(15)16)11-5-6-12(14)9(2)7-11/h5-8H,3-4H2,1-2H3,(H,15,16)/b10-8+. The Morgan fingerprint density at radius 2 is 2.19 bits per heavy atom. The van der Waals surface area contributed by atoms with Crippen molar-refractivity contribution in [3.8, 4) is 0 Å². The van der Waals surface area contributed by atoms with Crippen LogP contribution in [0.2, 0.25) is 0 Å². The first kappa shape index (κ1) is 12.4. The molecular formula is C13H15FO2. The number of carbonyl (C=O) groups is 1.